The molecule has 0 aromatic carbocycles. The molecule has 2 heterocycles. The average molecular weight is 221 g/mol. The largest absolute Gasteiger partial charge is 0.438 e. The Labute approximate surface area is 91.5 Å². The number of oxazole rings is 1. The van der Waals surface area contributed by atoms with Gasteiger partial charge in [-0.05, 0) is 6.92 Å². The summed E-state index contributed by atoms with van der Waals surface area (Å²) < 4.78 is 5.02. The molecule has 7 nitrogen and oxygen atoms in total. The number of H-pyrrole nitrogens is 1. The van der Waals surface area contributed by atoms with Crippen LogP contribution < -0.4 is 0 Å². The number of hydrogen-bond donors (Lipinski definition) is 1. The lowest BCUT2D eigenvalue weighted by atomic mass is 10.3. The number of nitrogens with one attached hydrogen (secondary N) is 1. The summed E-state index contributed by atoms with van der Waals surface area (Å²) in [5.74, 6) is 0.640. The molecule has 2 aromatic heterocycles. The molecule has 0 aliphatic heterocycles. The standard InChI is InChI=1S/C9H11N5O2/c1-6-8(16-5-11-6)9(15)14(2)3-7-10-4-12-13-7/h4-5H,3H2,1-2H3,(H,10,12,13). The van der Waals surface area contributed by atoms with E-state index in [0.29, 0.717) is 18.1 Å². The van der Waals surface area contributed by atoms with Crippen molar-refractivity contribution >= 4 is 5.91 Å². The second-order valence-electron chi connectivity index (χ2n) is 3.36. The van der Waals surface area contributed by atoms with Gasteiger partial charge in [-0.25, -0.2) is 9.97 Å². The number of amides is 1. The molecule has 0 saturated heterocycles. The highest BCUT2D eigenvalue weighted by atomic mass is 16.3. The Balaban J connectivity index is 2.08. The molecular weight excluding hydrogens is 210 g/mol. The molecular formula is C9H11N5O2. The molecule has 0 bridgehead atoms. The highest BCUT2D eigenvalue weighted by Crippen LogP contribution is 2.09. The number of aromatic amines is 1. The zero-order valence-electron chi connectivity index (χ0n) is 8.97. The first-order valence-electron chi connectivity index (χ1n) is 4.68. The molecule has 0 unspecified atom stereocenters. The second kappa shape index (κ2) is 4.13. The van der Waals surface area contributed by atoms with Gasteiger partial charge in [0, 0.05) is 7.05 Å². The molecule has 2 rings (SSSR count). The van der Waals surface area contributed by atoms with Crippen molar-refractivity contribution in [1.29, 1.82) is 0 Å². The molecule has 84 valence electrons. The summed E-state index contributed by atoms with van der Waals surface area (Å²) in [6.07, 6.45) is 2.65. The maximum atomic E-state index is 11.9. The molecule has 0 spiro atoms. The van der Waals surface area contributed by atoms with E-state index in [0.717, 1.165) is 0 Å². The first kappa shape index (κ1) is 10.3. The molecule has 0 radical (unpaired) electrons. The number of rotatable bonds is 3. The van der Waals surface area contributed by atoms with Crippen LogP contribution in [0.4, 0.5) is 0 Å². The first-order chi connectivity index (χ1) is 7.68. The average Bonchev–Trinajstić information content (AvgIpc) is 2.88. The number of carbonyl (C=O) groups excluding carboxylic acids is 1. The van der Waals surface area contributed by atoms with Gasteiger partial charge in [0.2, 0.25) is 5.76 Å². The lowest BCUT2D eigenvalue weighted by Gasteiger charge is -2.13. The summed E-state index contributed by atoms with van der Waals surface area (Å²) in [5.41, 5.74) is 0.578. The number of aromatic nitrogens is 4. The molecule has 1 amide bonds. The summed E-state index contributed by atoms with van der Waals surface area (Å²) in [4.78, 5) is 21.2. The Hall–Kier alpha value is -2.18. The van der Waals surface area contributed by atoms with Crippen molar-refractivity contribution in [3.63, 3.8) is 0 Å². The Bertz CT molecular complexity index is 476. The van der Waals surface area contributed by atoms with E-state index in [1.165, 1.54) is 17.6 Å². The summed E-state index contributed by atoms with van der Waals surface area (Å²) in [6.45, 7) is 2.07. The second-order valence-corrected chi connectivity index (χ2v) is 3.36. The highest BCUT2D eigenvalue weighted by Gasteiger charge is 2.19. The predicted octanol–water partition coefficient (Wildman–Crippen LogP) is 0.373. The monoisotopic (exact) mass is 221 g/mol. The van der Waals surface area contributed by atoms with E-state index in [2.05, 4.69) is 20.2 Å². The third-order valence-electron chi connectivity index (χ3n) is 2.14. The smallest absolute Gasteiger partial charge is 0.291 e. The topological polar surface area (TPSA) is 87.9 Å². The van der Waals surface area contributed by atoms with Crippen LogP contribution in [0.2, 0.25) is 0 Å². The number of hydrogen-bond acceptors (Lipinski definition) is 5. The minimum Gasteiger partial charge on any atom is -0.438 e. The van der Waals surface area contributed by atoms with Crippen LogP contribution in [0, 0.1) is 6.92 Å². The van der Waals surface area contributed by atoms with E-state index in [1.807, 2.05) is 0 Å². The van der Waals surface area contributed by atoms with Gasteiger partial charge in [0.05, 0.1) is 12.2 Å². The van der Waals surface area contributed by atoms with Crippen molar-refractivity contribution in [1.82, 2.24) is 25.1 Å². The van der Waals surface area contributed by atoms with Gasteiger partial charge in [0.1, 0.15) is 12.2 Å². The Morgan fingerprint density at radius 3 is 2.94 bits per heavy atom. The molecule has 2 aromatic rings. The van der Waals surface area contributed by atoms with E-state index < -0.39 is 0 Å². The Kier molecular flexibility index (Phi) is 2.67. The van der Waals surface area contributed by atoms with E-state index >= 15 is 0 Å². The lowest BCUT2D eigenvalue weighted by Crippen LogP contribution is -2.27. The van der Waals surface area contributed by atoms with Crippen molar-refractivity contribution in [3.8, 4) is 0 Å². The van der Waals surface area contributed by atoms with E-state index in [9.17, 15) is 4.79 Å². The molecule has 0 fully saturated rings. The van der Waals surface area contributed by atoms with Gasteiger partial charge < -0.3 is 9.32 Å². The van der Waals surface area contributed by atoms with Crippen molar-refractivity contribution in [3.05, 3.63) is 30.0 Å². The van der Waals surface area contributed by atoms with Gasteiger partial charge in [-0.3, -0.25) is 9.89 Å². The van der Waals surface area contributed by atoms with Crippen LogP contribution in [-0.2, 0) is 6.54 Å². The van der Waals surface area contributed by atoms with Gasteiger partial charge in [-0.2, -0.15) is 5.10 Å². The predicted molar refractivity (Wildman–Crippen MR) is 53.4 cm³/mol. The van der Waals surface area contributed by atoms with Crippen LogP contribution in [0.15, 0.2) is 17.1 Å². The summed E-state index contributed by atoms with van der Waals surface area (Å²) in [7, 11) is 1.66. The van der Waals surface area contributed by atoms with Gasteiger partial charge in [0.25, 0.3) is 5.91 Å². The maximum Gasteiger partial charge on any atom is 0.291 e. The minimum atomic E-state index is -0.230. The molecule has 0 saturated carbocycles. The summed E-state index contributed by atoms with van der Waals surface area (Å²) >= 11 is 0. The van der Waals surface area contributed by atoms with Crippen molar-refractivity contribution in [2.45, 2.75) is 13.5 Å². The quantitative estimate of drug-likeness (QED) is 0.809. The lowest BCUT2D eigenvalue weighted by molar-refractivity contribution is 0.0749. The molecule has 0 aliphatic rings. The maximum absolute atomic E-state index is 11.9. The zero-order valence-corrected chi connectivity index (χ0v) is 8.97. The zero-order chi connectivity index (χ0) is 11.5. The van der Waals surface area contributed by atoms with Gasteiger partial charge in [-0.1, -0.05) is 0 Å². The molecule has 0 atom stereocenters. The van der Waals surface area contributed by atoms with Crippen LogP contribution in [-0.4, -0.2) is 38.0 Å². The van der Waals surface area contributed by atoms with Crippen LogP contribution in [0.25, 0.3) is 0 Å². The molecule has 16 heavy (non-hydrogen) atoms. The van der Waals surface area contributed by atoms with Crippen LogP contribution in [0.5, 0.6) is 0 Å². The fourth-order valence-electron chi connectivity index (χ4n) is 1.28. The SMILES string of the molecule is Cc1ncoc1C(=O)N(C)Cc1ncn[nH]1. The third-order valence-corrected chi connectivity index (χ3v) is 2.14. The van der Waals surface area contributed by atoms with Crippen LogP contribution in [0.3, 0.4) is 0 Å². The van der Waals surface area contributed by atoms with Crippen molar-refractivity contribution in [2.24, 2.45) is 0 Å². The number of nitrogens with zero attached hydrogens (tertiary/aromatic N) is 4. The third kappa shape index (κ3) is 1.92. The van der Waals surface area contributed by atoms with E-state index in [-0.39, 0.29) is 11.7 Å². The van der Waals surface area contributed by atoms with E-state index in [4.69, 9.17) is 4.42 Å². The summed E-state index contributed by atoms with van der Waals surface area (Å²) in [6, 6.07) is 0. The number of carbonyl (C=O) groups is 1. The Morgan fingerprint density at radius 1 is 1.56 bits per heavy atom. The summed E-state index contributed by atoms with van der Waals surface area (Å²) in [5, 5.41) is 6.39. The van der Waals surface area contributed by atoms with Gasteiger partial charge in [-0.15, -0.1) is 0 Å². The van der Waals surface area contributed by atoms with Crippen molar-refractivity contribution < 1.29 is 9.21 Å². The van der Waals surface area contributed by atoms with Crippen LogP contribution in [0.1, 0.15) is 22.1 Å². The van der Waals surface area contributed by atoms with Crippen molar-refractivity contribution in [2.75, 3.05) is 7.05 Å². The highest BCUT2D eigenvalue weighted by molar-refractivity contribution is 5.92. The normalized spacial score (nSPS) is 10.4. The number of aryl methyl sites for hydroxylation is 1. The fourth-order valence-corrected chi connectivity index (χ4v) is 1.28. The fraction of sp³-hybridized carbons (Fsp3) is 0.333. The van der Waals surface area contributed by atoms with Gasteiger partial charge in [0.15, 0.2) is 6.39 Å². The molecule has 1 N–H and O–H groups in total. The van der Waals surface area contributed by atoms with Crippen LogP contribution >= 0.6 is 0 Å². The minimum absolute atomic E-state index is 0.230. The Morgan fingerprint density at radius 2 is 2.38 bits per heavy atom. The molecule has 7 heteroatoms. The van der Waals surface area contributed by atoms with Gasteiger partial charge >= 0.3 is 0 Å². The first-order valence-corrected chi connectivity index (χ1v) is 4.68. The molecule has 0 aliphatic carbocycles. The van der Waals surface area contributed by atoms with E-state index in [1.54, 1.807) is 14.0 Å².